The first kappa shape index (κ1) is 46.2. The van der Waals surface area contributed by atoms with Crippen LogP contribution in [0, 0.1) is 20.8 Å². The zero-order valence-corrected chi connectivity index (χ0v) is 45.8. The Morgan fingerprint density at radius 2 is 0.788 bits per heavy atom. The van der Waals surface area contributed by atoms with Crippen molar-refractivity contribution in [2.24, 2.45) is 0 Å². The fraction of sp³-hybridized carbons (Fsp3) is 0.571. The molecule has 0 saturated heterocycles. The third-order valence-corrected chi connectivity index (χ3v) is 46.3. The Hall–Kier alpha value is -0.177. The van der Waals surface area contributed by atoms with Gasteiger partial charge >= 0.3 is 5.72 Å². The van der Waals surface area contributed by atoms with E-state index in [2.05, 4.69) is 193 Å². The van der Waals surface area contributed by atoms with Crippen LogP contribution in [0.3, 0.4) is 0 Å². The van der Waals surface area contributed by atoms with E-state index in [1.165, 1.54) is 27.1 Å². The molecule has 1 unspecified atom stereocenters. The van der Waals surface area contributed by atoms with E-state index in [-0.39, 0.29) is 5.72 Å². The van der Waals surface area contributed by atoms with E-state index in [1.807, 2.05) is 0 Å². The highest BCUT2D eigenvalue weighted by molar-refractivity contribution is 7.75. The van der Waals surface area contributed by atoms with E-state index < -0.39 is 55.7 Å². The molecule has 3 aromatic carbocycles. The van der Waals surface area contributed by atoms with Crippen molar-refractivity contribution >= 4 is 99.8 Å². The maximum Gasteiger partial charge on any atom is 0.301 e. The first-order valence-electron chi connectivity index (χ1n) is 19.8. The highest BCUT2D eigenvalue weighted by Gasteiger charge is 2.56. The second kappa shape index (κ2) is 15.6. The fourth-order valence-electron chi connectivity index (χ4n) is 11.5. The van der Waals surface area contributed by atoms with Crippen LogP contribution in [0.1, 0.15) is 48.9 Å². The molecule has 0 aliphatic rings. The summed E-state index contributed by atoms with van der Waals surface area (Å²) in [7, 11) is -13.7. The van der Waals surface area contributed by atoms with Crippen molar-refractivity contribution in [2.75, 3.05) is 0 Å². The topological polar surface area (TPSA) is 0 Å². The Bertz CT molecular complexity index is 1600. The van der Waals surface area contributed by atoms with Gasteiger partial charge < -0.3 is 0 Å². The Kier molecular flexibility index (Phi) is 13.9. The van der Waals surface area contributed by atoms with Crippen molar-refractivity contribution in [3.8, 4) is 0 Å². The number of rotatable bonds is 13. The van der Waals surface area contributed by atoms with Crippen molar-refractivity contribution in [1.29, 1.82) is 0 Å². The van der Waals surface area contributed by atoms with Gasteiger partial charge in [0.15, 0.2) is 0 Å². The molecule has 0 amide bonds. The van der Waals surface area contributed by atoms with Gasteiger partial charge in [0.05, 0.1) is 0 Å². The summed E-state index contributed by atoms with van der Waals surface area (Å²) in [5, 5.41) is 4.59. The summed E-state index contributed by atoms with van der Waals surface area (Å²) in [6, 6.07) is 21.3. The van der Waals surface area contributed by atoms with Crippen LogP contribution in [-0.2, 0) is 0 Å². The van der Waals surface area contributed by atoms with E-state index in [1.54, 1.807) is 16.7 Å². The summed E-state index contributed by atoms with van der Waals surface area (Å²) in [5.41, 5.74) is 9.63. The van der Waals surface area contributed by atoms with Crippen LogP contribution in [0.2, 0.25) is 118 Å². The van der Waals surface area contributed by atoms with Crippen molar-refractivity contribution in [3.05, 3.63) is 88.0 Å². The van der Waals surface area contributed by atoms with Gasteiger partial charge in [0.25, 0.3) is 0 Å². The van der Waals surface area contributed by atoms with Crippen LogP contribution >= 0.6 is 22.5 Å². The molecule has 0 bridgehead atoms. The second-order valence-corrected chi connectivity index (χ2v) is 62.0. The standard InChI is InChI=1S/C42H75BCl2Si7/c1-31-27-32(2)38(33(3)28-31)52(45,43(44)35-25-23-22-24-26-35)39-36(41(48(10,11)12)49(13,14)15)29-34(40(46(4,5)6)47(7,8)9)30-37(39)42(50(16,17)18)51(19,20)21/h22-30,40-42H,1-21H3. The monoisotopic (exact) mass is 856 g/mol. The lowest BCUT2D eigenvalue weighted by Gasteiger charge is -2.48. The molecule has 0 fully saturated rings. The number of halogens is 2. The minimum atomic E-state index is -3.29. The molecule has 0 aromatic heterocycles. The Morgan fingerprint density at radius 3 is 1.10 bits per heavy atom. The van der Waals surface area contributed by atoms with Crippen molar-refractivity contribution < 1.29 is 0 Å². The van der Waals surface area contributed by atoms with Gasteiger partial charge in [-0.3, -0.25) is 0 Å². The lowest BCUT2D eigenvalue weighted by atomic mass is 9.92. The number of aryl methyl sites for hydroxylation is 3. The molecule has 10 heteroatoms. The molecule has 52 heavy (non-hydrogen) atoms. The molecular formula is C42H75BCl2Si7. The second-order valence-electron chi connectivity index (χ2n) is 22.8. The minimum Gasteiger partial charge on any atom is -0.190 e. The van der Waals surface area contributed by atoms with Gasteiger partial charge in [0.1, 0.15) is 0 Å². The molecule has 0 N–H and O–H groups in total. The van der Waals surface area contributed by atoms with Crippen LogP contribution in [0.5, 0.6) is 0 Å². The molecule has 0 spiro atoms. The molecule has 0 heterocycles. The van der Waals surface area contributed by atoms with Gasteiger partial charge in [0, 0.05) is 48.4 Å². The molecule has 0 aliphatic carbocycles. The van der Waals surface area contributed by atoms with E-state index in [4.69, 9.17) is 22.5 Å². The van der Waals surface area contributed by atoms with E-state index in [0.29, 0.717) is 15.5 Å². The van der Waals surface area contributed by atoms with Gasteiger partial charge in [-0.25, -0.2) is 0 Å². The molecule has 0 saturated carbocycles. The maximum absolute atomic E-state index is 9.03. The molecule has 3 rings (SSSR count). The van der Waals surface area contributed by atoms with Crippen LogP contribution in [0.15, 0.2) is 54.6 Å². The van der Waals surface area contributed by atoms with E-state index in [9.17, 15) is 0 Å². The highest BCUT2D eigenvalue weighted by atomic mass is 35.6. The van der Waals surface area contributed by atoms with Crippen molar-refractivity contribution in [2.45, 2.75) is 154 Å². The number of hydrogen-bond acceptors (Lipinski definition) is 0. The Labute approximate surface area is 339 Å². The average Bonchev–Trinajstić information content (AvgIpc) is 2.87. The summed E-state index contributed by atoms with van der Waals surface area (Å²) in [6.45, 7) is 54.4. The highest BCUT2D eigenvalue weighted by Crippen LogP contribution is 2.46. The Morgan fingerprint density at radius 1 is 0.462 bits per heavy atom. The Balaban J connectivity index is 2.97. The molecule has 0 nitrogen and oxygen atoms in total. The van der Waals surface area contributed by atoms with Crippen molar-refractivity contribution in [1.82, 2.24) is 0 Å². The quantitative estimate of drug-likeness (QED) is 0.119. The first-order chi connectivity index (χ1) is 23.2. The number of benzene rings is 3. The van der Waals surface area contributed by atoms with Gasteiger partial charge in [-0.15, -0.1) is 0 Å². The molecule has 1 atom stereocenters. The van der Waals surface area contributed by atoms with Crippen LogP contribution < -0.4 is 15.8 Å². The smallest absolute Gasteiger partial charge is 0.190 e. The third kappa shape index (κ3) is 9.85. The molecule has 0 aliphatic heterocycles. The SMILES string of the molecule is Cc1cc(C)c([Si](Cl)(B(Cl)c2ccccc2)c2c(C([Si](C)(C)C)[Si](C)(C)C)cc(C([Si](C)(C)C)[Si](C)(C)C)cc2C([Si](C)(C)C)[Si](C)(C)C)c(C)c1. The van der Waals surface area contributed by atoms with E-state index >= 15 is 0 Å². The first-order valence-corrected chi connectivity index (χ1v) is 44.8. The third-order valence-electron chi connectivity index (χ3n) is 11.2. The lowest BCUT2D eigenvalue weighted by molar-refractivity contribution is 1.10. The summed E-state index contributed by atoms with van der Waals surface area (Å²) < 4.78 is 0. The lowest BCUT2D eigenvalue weighted by Crippen LogP contribution is -2.71. The zero-order valence-electron chi connectivity index (χ0n) is 37.3. The van der Waals surface area contributed by atoms with Gasteiger partial charge in [-0.05, 0) is 63.3 Å². The molecule has 0 radical (unpaired) electrons. The fourth-order valence-corrected chi connectivity index (χ4v) is 56.9. The van der Waals surface area contributed by atoms with Gasteiger partial charge in [-0.2, -0.15) is 22.5 Å². The predicted molar refractivity (Wildman–Crippen MR) is 264 cm³/mol. The van der Waals surface area contributed by atoms with Gasteiger partial charge in [0.2, 0.25) is 7.25 Å². The summed E-state index contributed by atoms with van der Waals surface area (Å²) in [5.74, 6) is 0. The maximum atomic E-state index is 9.03. The average molecular weight is 858 g/mol. The largest absolute Gasteiger partial charge is 0.301 e. The van der Waals surface area contributed by atoms with Crippen molar-refractivity contribution in [3.63, 3.8) is 0 Å². The molecule has 3 aromatic rings. The predicted octanol–water partition coefficient (Wildman–Crippen LogP) is 12.6. The summed E-state index contributed by atoms with van der Waals surface area (Å²) in [6.07, 6.45) is 0. The van der Waals surface area contributed by atoms with E-state index in [0.717, 1.165) is 5.46 Å². The molecule has 288 valence electrons. The summed E-state index contributed by atoms with van der Waals surface area (Å²) >= 11 is 17.2. The van der Waals surface area contributed by atoms with Crippen LogP contribution in [0.4, 0.5) is 0 Å². The van der Waals surface area contributed by atoms with Gasteiger partial charge in [-0.1, -0.05) is 195 Å². The summed E-state index contributed by atoms with van der Waals surface area (Å²) in [4.78, 5) is 0. The van der Waals surface area contributed by atoms with Crippen LogP contribution in [0.25, 0.3) is 0 Å². The molecular weight excluding hydrogens is 783 g/mol. The normalized spacial score (nSPS) is 15.1. The number of hydrogen-bond donors (Lipinski definition) is 0. The minimum absolute atomic E-state index is 0.323. The van der Waals surface area contributed by atoms with Crippen LogP contribution in [-0.4, -0.2) is 61.4 Å². The zero-order chi connectivity index (χ0) is 40.4.